The van der Waals surface area contributed by atoms with E-state index < -0.39 is 18.8 Å². The van der Waals surface area contributed by atoms with Crippen LogP contribution in [-0.2, 0) is 18.8 Å². The molecule has 0 bridgehead atoms. The van der Waals surface area contributed by atoms with E-state index in [1.165, 1.54) is 0 Å². The Morgan fingerprint density at radius 2 is 2.17 bits per heavy atom. The molecule has 0 aromatic carbocycles. The van der Waals surface area contributed by atoms with Gasteiger partial charge in [0.1, 0.15) is 12.2 Å². The van der Waals surface area contributed by atoms with E-state index in [2.05, 4.69) is 5.32 Å². The number of carbonyl (C=O) groups is 1. The first-order chi connectivity index (χ1) is 11.3. The minimum absolute atomic E-state index is 0.0368. The van der Waals surface area contributed by atoms with E-state index in [0.29, 0.717) is 13.2 Å². The molecule has 3 heterocycles. The maximum absolute atomic E-state index is 11.9. The van der Waals surface area contributed by atoms with Gasteiger partial charge in [0.25, 0.3) is 0 Å². The van der Waals surface area contributed by atoms with E-state index in [1.54, 1.807) is 6.26 Å². The van der Waals surface area contributed by atoms with Crippen molar-refractivity contribution in [3.8, 4) is 0 Å². The number of hydrogen-bond donors (Lipinski definition) is 1. The van der Waals surface area contributed by atoms with Crippen molar-refractivity contribution in [3.63, 3.8) is 0 Å². The van der Waals surface area contributed by atoms with E-state index in [0.717, 1.165) is 22.2 Å². The maximum Gasteiger partial charge on any atom is 0.495 e. The largest absolute Gasteiger partial charge is 0.497 e. The van der Waals surface area contributed by atoms with Crippen LogP contribution in [0.2, 0.25) is 0 Å². The van der Waals surface area contributed by atoms with Crippen LogP contribution in [0, 0.1) is 0 Å². The van der Waals surface area contributed by atoms with Gasteiger partial charge in [-0.2, -0.15) is 0 Å². The number of ether oxygens (including phenoxy) is 2. The molecular weight excluding hydrogens is 309 g/mol. The molecule has 0 saturated heterocycles. The second kappa shape index (κ2) is 6.29. The number of allylic oxidation sites excluding steroid dienone is 3. The van der Waals surface area contributed by atoms with Crippen molar-refractivity contribution < 1.29 is 23.6 Å². The van der Waals surface area contributed by atoms with Crippen molar-refractivity contribution in [1.82, 2.24) is 5.32 Å². The number of alkyl carbamates (subject to hydrolysis) is 1. The van der Waals surface area contributed by atoms with Gasteiger partial charge in [-0.05, 0) is 62.9 Å². The first kappa shape index (κ1) is 17.1. The van der Waals surface area contributed by atoms with Gasteiger partial charge < -0.3 is 24.1 Å². The van der Waals surface area contributed by atoms with Gasteiger partial charge in [-0.3, -0.25) is 0 Å². The van der Waals surface area contributed by atoms with Crippen LogP contribution in [0.4, 0.5) is 4.79 Å². The summed E-state index contributed by atoms with van der Waals surface area (Å²) in [5, 5.41) is 2.77. The molecule has 0 aromatic heterocycles. The third-order valence-corrected chi connectivity index (χ3v) is 4.29. The Kier molecular flexibility index (Phi) is 4.49. The molecular formula is C17H24BNO5. The predicted octanol–water partition coefficient (Wildman–Crippen LogP) is 2.51. The Bertz CT molecular complexity index is 631. The molecule has 24 heavy (non-hydrogen) atoms. The average molecular weight is 333 g/mol. The van der Waals surface area contributed by atoms with Gasteiger partial charge in [0.2, 0.25) is 0 Å². The minimum Gasteiger partial charge on any atom is -0.497 e. The molecule has 2 atom stereocenters. The molecule has 0 aromatic rings. The molecule has 0 saturated carbocycles. The van der Waals surface area contributed by atoms with E-state index in [9.17, 15) is 4.79 Å². The van der Waals surface area contributed by atoms with Gasteiger partial charge in [0.15, 0.2) is 0 Å². The Hall–Kier alpha value is -1.73. The lowest BCUT2D eigenvalue weighted by Gasteiger charge is -2.30. The van der Waals surface area contributed by atoms with Crippen LogP contribution in [-0.4, -0.2) is 44.2 Å². The van der Waals surface area contributed by atoms with Crippen LogP contribution in [0.3, 0.4) is 0 Å². The maximum atomic E-state index is 11.9. The Morgan fingerprint density at radius 1 is 1.42 bits per heavy atom. The molecule has 130 valence electrons. The van der Waals surface area contributed by atoms with Crippen molar-refractivity contribution >= 4 is 13.2 Å². The summed E-state index contributed by atoms with van der Waals surface area (Å²) < 4.78 is 22.8. The van der Waals surface area contributed by atoms with Gasteiger partial charge in [-0.15, -0.1) is 0 Å². The second-order valence-electron chi connectivity index (χ2n) is 7.27. The van der Waals surface area contributed by atoms with Gasteiger partial charge >= 0.3 is 13.2 Å². The van der Waals surface area contributed by atoms with Crippen molar-refractivity contribution in [3.05, 3.63) is 34.5 Å². The third kappa shape index (κ3) is 3.37. The molecule has 6 nitrogen and oxygen atoms in total. The van der Waals surface area contributed by atoms with E-state index in [4.69, 9.17) is 18.8 Å². The highest BCUT2D eigenvalue weighted by molar-refractivity contribution is 6.57. The summed E-state index contributed by atoms with van der Waals surface area (Å²) in [4.78, 5) is 11.9. The SMILES string of the molecule is CC1=C2C=COCC3=C2B(OC3C)OC1CNC(=O)OC(C)(C)C. The molecule has 7 heteroatoms. The quantitative estimate of drug-likeness (QED) is 0.787. The average Bonchev–Trinajstić information content (AvgIpc) is 2.67. The number of nitrogens with one attached hydrogen (secondary N) is 1. The molecule has 0 fully saturated rings. The monoisotopic (exact) mass is 333 g/mol. The first-order valence-electron chi connectivity index (χ1n) is 8.26. The molecule has 0 radical (unpaired) electrons. The van der Waals surface area contributed by atoms with Crippen molar-refractivity contribution in [1.29, 1.82) is 0 Å². The Balaban J connectivity index is 1.76. The zero-order valence-corrected chi connectivity index (χ0v) is 14.8. The highest BCUT2D eigenvalue weighted by Crippen LogP contribution is 2.39. The molecule has 3 aliphatic rings. The summed E-state index contributed by atoms with van der Waals surface area (Å²) >= 11 is 0. The minimum atomic E-state index is -0.527. The second-order valence-corrected chi connectivity index (χ2v) is 7.27. The highest BCUT2D eigenvalue weighted by Gasteiger charge is 2.45. The van der Waals surface area contributed by atoms with E-state index in [1.807, 2.05) is 40.7 Å². The molecule has 1 N–H and O–H groups in total. The lowest BCUT2D eigenvalue weighted by atomic mass is 9.69. The van der Waals surface area contributed by atoms with Crippen molar-refractivity contribution in [2.75, 3.05) is 13.2 Å². The zero-order valence-electron chi connectivity index (χ0n) is 14.8. The fourth-order valence-corrected chi connectivity index (χ4v) is 3.10. The van der Waals surface area contributed by atoms with Crippen LogP contribution in [0.5, 0.6) is 0 Å². The predicted molar refractivity (Wildman–Crippen MR) is 90.2 cm³/mol. The first-order valence-corrected chi connectivity index (χ1v) is 8.26. The molecule has 0 aliphatic carbocycles. The van der Waals surface area contributed by atoms with Crippen molar-refractivity contribution in [2.24, 2.45) is 0 Å². The van der Waals surface area contributed by atoms with Crippen molar-refractivity contribution in [2.45, 2.75) is 52.4 Å². The molecule has 3 rings (SSSR count). The van der Waals surface area contributed by atoms with Crippen LogP contribution >= 0.6 is 0 Å². The standard InChI is InChI=1S/C17H24BNO5/c1-10-12-6-7-21-9-13-11(2)23-18(15(12)13)24-14(10)8-19-16(20)22-17(3,4)5/h6-7,11,14H,8-9H2,1-5H3,(H,19,20). The summed E-state index contributed by atoms with van der Waals surface area (Å²) in [6.45, 7) is 10.4. The molecule has 0 spiro atoms. The normalized spacial score (nSPS) is 26.1. The highest BCUT2D eigenvalue weighted by atomic mass is 16.6. The van der Waals surface area contributed by atoms with E-state index >= 15 is 0 Å². The van der Waals surface area contributed by atoms with Crippen LogP contribution in [0.1, 0.15) is 34.6 Å². The lowest BCUT2D eigenvalue weighted by Crippen LogP contribution is -2.43. The summed E-state index contributed by atoms with van der Waals surface area (Å²) in [6.07, 6.45) is 2.91. The number of hydrogen-bond acceptors (Lipinski definition) is 5. The fourth-order valence-electron chi connectivity index (χ4n) is 3.10. The summed E-state index contributed by atoms with van der Waals surface area (Å²) in [5.41, 5.74) is 3.80. The van der Waals surface area contributed by atoms with Gasteiger partial charge in [-0.25, -0.2) is 4.79 Å². The van der Waals surface area contributed by atoms with Crippen LogP contribution in [0.15, 0.2) is 34.5 Å². The summed E-state index contributed by atoms with van der Waals surface area (Å²) in [6, 6.07) is 0. The zero-order chi connectivity index (χ0) is 17.5. The lowest BCUT2D eigenvalue weighted by molar-refractivity contribution is 0.0498. The van der Waals surface area contributed by atoms with Gasteiger partial charge in [-0.1, -0.05) is 0 Å². The smallest absolute Gasteiger partial charge is 0.495 e. The Labute approximate surface area is 143 Å². The summed E-state index contributed by atoms with van der Waals surface area (Å²) in [5.74, 6) is 0. The topological polar surface area (TPSA) is 66.0 Å². The fraction of sp³-hybridized carbons (Fsp3) is 0.588. The Morgan fingerprint density at radius 3 is 2.88 bits per heavy atom. The van der Waals surface area contributed by atoms with Crippen LogP contribution < -0.4 is 5.32 Å². The molecule has 1 amide bonds. The third-order valence-electron chi connectivity index (χ3n) is 4.29. The van der Waals surface area contributed by atoms with Gasteiger partial charge in [0.05, 0.1) is 18.5 Å². The number of rotatable bonds is 2. The summed E-state index contributed by atoms with van der Waals surface area (Å²) in [7, 11) is -0.412. The van der Waals surface area contributed by atoms with Crippen LogP contribution in [0.25, 0.3) is 0 Å². The number of carbonyl (C=O) groups excluding carboxylic acids is 1. The van der Waals surface area contributed by atoms with Gasteiger partial charge in [0, 0.05) is 6.54 Å². The van der Waals surface area contributed by atoms with E-state index in [-0.39, 0.29) is 12.2 Å². The number of amides is 1. The molecule has 2 unspecified atom stereocenters. The molecule has 3 aliphatic heterocycles.